The van der Waals surface area contributed by atoms with Crippen LogP contribution >= 0.6 is 0 Å². The lowest BCUT2D eigenvalue weighted by Crippen LogP contribution is -2.53. The largest absolute Gasteiger partial charge is 0.480 e. The van der Waals surface area contributed by atoms with Gasteiger partial charge in [-0.05, 0) is 0 Å². The number of aliphatic carboxylic acids is 1. The number of halogens is 2. The molecule has 0 amide bonds. The van der Waals surface area contributed by atoms with Crippen molar-refractivity contribution in [3.8, 4) is 0 Å². The highest BCUT2D eigenvalue weighted by molar-refractivity contribution is 7.89. The molecule has 0 spiro atoms. The van der Waals surface area contributed by atoms with E-state index in [0.717, 1.165) is 0 Å². The Labute approximate surface area is 84.5 Å². The second-order valence-electron chi connectivity index (χ2n) is 2.85. The molecule has 0 saturated carbocycles. The number of morpholine rings is 1. The zero-order valence-electron chi connectivity index (χ0n) is 7.47. The summed E-state index contributed by atoms with van der Waals surface area (Å²) in [6.07, 6.45) is 0. The normalized spacial score (nSPS) is 24.3. The summed E-state index contributed by atoms with van der Waals surface area (Å²) in [5.74, 6) is -5.11. The quantitative estimate of drug-likeness (QED) is 0.712. The van der Waals surface area contributed by atoms with E-state index in [4.69, 9.17) is 9.84 Å². The number of rotatable bonds is 3. The molecule has 0 radical (unpaired) electrons. The second-order valence-corrected chi connectivity index (χ2v) is 4.70. The van der Waals surface area contributed by atoms with Crippen LogP contribution in [0.3, 0.4) is 0 Å². The maximum absolute atomic E-state index is 12.2. The van der Waals surface area contributed by atoms with Crippen molar-refractivity contribution in [3.05, 3.63) is 0 Å². The van der Waals surface area contributed by atoms with Crippen molar-refractivity contribution in [1.82, 2.24) is 4.31 Å². The van der Waals surface area contributed by atoms with Crippen molar-refractivity contribution < 1.29 is 31.8 Å². The Morgan fingerprint density at radius 3 is 2.60 bits per heavy atom. The van der Waals surface area contributed by atoms with Gasteiger partial charge in [-0.15, -0.1) is 0 Å². The number of alkyl halides is 2. The average molecular weight is 245 g/mol. The highest BCUT2D eigenvalue weighted by Crippen LogP contribution is 2.18. The molecule has 0 aliphatic carbocycles. The standard InChI is InChI=1S/C6H9F2NO5S/c7-6(8)15(12,13)9-1-2-14-3-4(9)5(10)11/h4,6H,1-3H2,(H,10,11). The first-order valence-electron chi connectivity index (χ1n) is 3.96. The van der Waals surface area contributed by atoms with E-state index >= 15 is 0 Å². The van der Waals surface area contributed by atoms with Crippen LogP contribution < -0.4 is 0 Å². The first-order valence-corrected chi connectivity index (χ1v) is 5.47. The zero-order chi connectivity index (χ0) is 11.6. The van der Waals surface area contributed by atoms with E-state index in [2.05, 4.69) is 0 Å². The molecule has 1 aliphatic rings. The molecule has 1 unspecified atom stereocenters. The lowest BCUT2D eigenvalue weighted by Gasteiger charge is -2.31. The fourth-order valence-electron chi connectivity index (χ4n) is 1.19. The molecule has 9 heteroatoms. The minimum absolute atomic E-state index is 0.0876. The topological polar surface area (TPSA) is 83.9 Å². The number of hydrogen-bond donors (Lipinski definition) is 1. The third-order valence-corrected chi connectivity index (χ3v) is 3.46. The van der Waals surface area contributed by atoms with Gasteiger partial charge in [-0.2, -0.15) is 13.1 Å². The minimum atomic E-state index is -4.85. The van der Waals surface area contributed by atoms with Crippen LogP contribution in [0.1, 0.15) is 0 Å². The number of carbonyl (C=O) groups is 1. The molecule has 1 heterocycles. The highest BCUT2D eigenvalue weighted by atomic mass is 32.2. The first-order chi connectivity index (χ1) is 6.87. The van der Waals surface area contributed by atoms with Crippen molar-refractivity contribution in [2.75, 3.05) is 19.8 Å². The van der Waals surface area contributed by atoms with E-state index in [-0.39, 0.29) is 17.5 Å². The summed E-state index contributed by atoms with van der Waals surface area (Å²) in [4.78, 5) is 10.6. The summed E-state index contributed by atoms with van der Waals surface area (Å²) >= 11 is 0. The molecule has 1 atom stereocenters. The molecule has 1 rings (SSSR count). The molecule has 1 saturated heterocycles. The Bertz CT molecular complexity index is 343. The Kier molecular flexibility index (Phi) is 3.58. The van der Waals surface area contributed by atoms with E-state index < -0.39 is 34.4 Å². The third kappa shape index (κ3) is 2.41. The molecule has 1 N–H and O–H groups in total. The van der Waals surface area contributed by atoms with E-state index in [1.807, 2.05) is 0 Å². The fraction of sp³-hybridized carbons (Fsp3) is 0.833. The molecule has 1 aliphatic heterocycles. The molecule has 0 bridgehead atoms. The summed E-state index contributed by atoms with van der Waals surface area (Å²) < 4.78 is 51.4. The Morgan fingerprint density at radius 2 is 2.13 bits per heavy atom. The summed E-state index contributed by atoms with van der Waals surface area (Å²) in [6.45, 7) is -0.874. The van der Waals surface area contributed by atoms with Gasteiger partial charge in [0, 0.05) is 6.54 Å². The first kappa shape index (κ1) is 12.3. The SMILES string of the molecule is O=C(O)C1COCCN1S(=O)(=O)C(F)F. The summed E-state index contributed by atoms with van der Waals surface area (Å²) in [5.41, 5.74) is 0. The zero-order valence-corrected chi connectivity index (χ0v) is 8.28. The van der Waals surface area contributed by atoms with Crippen LogP contribution in [0.2, 0.25) is 0 Å². The van der Waals surface area contributed by atoms with Crippen LogP contribution in [0.25, 0.3) is 0 Å². The van der Waals surface area contributed by atoms with Gasteiger partial charge >= 0.3 is 11.7 Å². The molecular weight excluding hydrogens is 236 g/mol. The second kappa shape index (κ2) is 4.37. The van der Waals surface area contributed by atoms with E-state index in [1.54, 1.807) is 0 Å². The van der Waals surface area contributed by atoms with Gasteiger partial charge in [0.05, 0.1) is 13.2 Å². The molecule has 0 aromatic carbocycles. The summed E-state index contributed by atoms with van der Waals surface area (Å²) in [7, 11) is -4.85. The molecule has 1 fully saturated rings. The van der Waals surface area contributed by atoms with Crippen LogP contribution in [0, 0.1) is 0 Å². The number of nitrogens with zero attached hydrogens (tertiary/aromatic N) is 1. The molecule has 88 valence electrons. The molecule has 15 heavy (non-hydrogen) atoms. The predicted octanol–water partition coefficient (Wildman–Crippen LogP) is -0.676. The van der Waals surface area contributed by atoms with Crippen LogP contribution in [-0.4, -0.2) is 55.4 Å². The average Bonchev–Trinajstić information content (AvgIpc) is 2.17. The smallest absolute Gasteiger partial charge is 0.350 e. The summed E-state index contributed by atoms with van der Waals surface area (Å²) in [6, 6.07) is -1.57. The Hall–Kier alpha value is -0.800. The van der Waals surface area contributed by atoms with Crippen LogP contribution in [0.5, 0.6) is 0 Å². The number of carboxylic acid groups (broad SMARTS) is 1. The molecular formula is C6H9F2NO5S. The monoisotopic (exact) mass is 245 g/mol. The highest BCUT2D eigenvalue weighted by Gasteiger charge is 2.42. The lowest BCUT2D eigenvalue weighted by atomic mass is 10.3. The number of carboxylic acids is 1. The maximum atomic E-state index is 12.2. The van der Waals surface area contributed by atoms with Crippen LogP contribution in [-0.2, 0) is 19.6 Å². The molecule has 0 aromatic rings. The van der Waals surface area contributed by atoms with Crippen LogP contribution in [0.15, 0.2) is 0 Å². The van der Waals surface area contributed by atoms with Gasteiger partial charge in [-0.1, -0.05) is 0 Å². The minimum Gasteiger partial charge on any atom is -0.480 e. The lowest BCUT2D eigenvalue weighted by molar-refractivity contribution is -0.146. The van der Waals surface area contributed by atoms with Gasteiger partial charge in [0.1, 0.15) is 6.04 Å². The van der Waals surface area contributed by atoms with Gasteiger partial charge in [-0.25, -0.2) is 8.42 Å². The van der Waals surface area contributed by atoms with Gasteiger partial charge in [0.2, 0.25) is 0 Å². The third-order valence-electron chi connectivity index (χ3n) is 1.92. The number of ether oxygens (including phenoxy) is 1. The molecule has 0 aromatic heterocycles. The van der Waals surface area contributed by atoms with E-state index in [0.29, 0.717) is 0 Å². The van der Waals surface area contributed by atoms with Gasteiger partial charge in [0.25, 0.3) is 10.0 Å². The Morgan fingerprint density at radius 1 is 1.53 bits per heavy atom. The van der Waals surface area contributed by atoms with Crippen LogP contribution in [0.4, 0.5) is 8.78 Å². The van der Waals surface area contributed by atoms with E-state index in [1.165, 1.54) is 0 Å². The molecule has 6 nitrogen and oxygen atoms in total. The van der Waals surface area contributed by atoms with Gasteiger partial charge in [0.15, 0.2) is 0 Å². The van der Waals surface area contributed by atoms with Gasteiger partial charge < -0.3 is 9.84 Å². The Balaban J connectivity index is 2.95. The van der Waals surface area contributed by atoms with Crippen molar-refractivity contribution in [1.29, 1.82) is 0 Å². The number of hydrogen-bond acceptors (Lipinski definition) is 4. The van der Waals surface area contributed by atoms with Crippen molar-refractivity contribution in [2.45, 2.75) is 11.8 Å². The maximum Gasteiger partial charge on any atom is 0.350 e. The number of sulfonamides is 1. The van der Waals surface area contributed by atoms with Crippen molar-refractivity contribution >= 4 is 16.0 Å². The van der Waals surface area contributed by atoms with Gasteiger partial charge in [-0.3, -0.25) is 4.79 Å². The van der Waals surface area contributed by atoms with E-state index in [9.17, 15) is 22.0 Å². The van der Waals surface area contributed by atoms with Crippen molar-refractivity contribution in [2.24, 2.45) is 0 Å². The van der Waals surface area contributed by atoms with Crippen molar-refractivity contribution in [3.63, 3.8) is 0 Å². The predicted molar refractivity (Wildman–Crippen MR) is 43.9 cm³/mol. The fourth-order valence-corrected chi connectivity index (χ4v) is 2.23. The summed E-state index contributed by atoms with van der Waals surface area (Å²) in [5, 5.41) is 8.62.